The van der Waals surface area contributed by atoms with Crippen molar-refractivity contribution in [2.24, 2.45) is 10.9 Å². The second kappa shape index (κ2) is 7.96. The maximum absolute atomic E-state index is 13.2. The van der Waals surface area contributed by atoms with Crippen molar-refractivity contribution in [2.75, 3.05) is 20.6 Å². The molecule has 3 rings (SSSR count). The van der Waals surface area contributed by atoms with Crippen molar-refractivity contribution in [3.05, 3.63) is 71.6 Å². The van der Waals surface area contributed by atoms with Gasteiger partial charge in [0.15, 0.2) is 0 Å². The zero-order valence-corrected chi connectivity index (χ0v) is 15.6. The molecule has 1 aromatic carbocycles. The summed E-state index contributed by atoms with van der Waals surface area (Å²) in [6, 6.07) is 14.4. The van der Waals surface area contributed by atoms with Crippen LogP contribution < -0.4 is 0 Å². The van der Waals surface area contributed by atoms with Gasteiger partial charge in [-0.15, -0.1) is 0 Å². The molecule has 1 aliphatic heterocycles. The number of carbonyl (C=O) groups is 1. The number of pyridine rings is 1. The van der Waals surface area contributed by atoms with Crippen LogP contribution >= 0.6 is 0 Å². The number of hydrogen-bond donors (Lipinski definition) is 0. The summed E-state index contributed by atoms with van der Waals surface area (Å²) in [5.74, 6) is -0.562. The third-order valence-corrected chi connectivity index (χ3v) is 4.50. The number of halogens is 3. The van der Waals surface area contributed by atoms with Crippen LogP contribution in [0.1, 0.15) is 21.7 Å². The number of alkyl halides is 3. The van der Waals surface area contributed by atoms with Gasteiger partial charge in [0, 0.05) is 26.6 Å². The van der Waals surface area contributed by atoms with Gasteiger partial charge in [-0.05, 0) is 35.8 Å². The lowest BCUT2D eigenvalue weighted by Gasteiger charge is -2.24. The van der Waals surface area contributed by atoms with E-state index in [2.05, 4.69) is 9.98 Å². The number of hydrogen-bond acceptors (Lipinski definition) is 3. The molecule has 28 heavy (non-hydrogen) atoms. The Kier molecular flexibility index (Phi) is 5.63. The molecule has 0 unspecified atom stereocenters. The second-order valence-corrected chi connectivity index (χ2v) is 6.82. The highest BCUT2D eigenvalue weighted by atomic mass is 19.4. The lowest BCUT2D eigenvalue weighted by atomic mass is 9.86. The Hall–Kier alpha value is -2.96. The van der Waals surface area contributed by atoms with Crippen molar-refractivity contribution in [2.45, 2.75) is 12.6 Å². The summed E-state index contributed by atoms with van der Waals surface area (Å²) in [4.78, 5) is 21.7. The van der Waals surface area contributed by atoms with Crippen molar-refractivity contribution in [3.63, 3.8) is 0 Å². The van der Waals surface area contributed by atoms with Crippen LogP contribution in [-0.2, 0) is 6.42 Å². The summed E-state index contributed by atoms with van der Waals surface area (Å²) >= 11 is 0. The number of benzene rings is 1. The average molecular weight is 387 g/mol. The fraction of sp³-hybridized carbons (Fsp3) is 0.286. The largest absolute Gasteiger partial charge is 0.432 e. The van der Waals surface area contributed by atoms with Crippen molar-refractivity contribution in [1.29, 1.82) is 0 Å². The third-order valence-electron chi connectivity index (χ3n) is 4.50. The Balaban J connectivity index is 2.00. The molecule has 1 atom stereocenters. The van der Waals surface area contributed by atoms with Crippen LogP contribution in [0.3, 0.4) is 0 Å². The molecule has 1 aromatic heterocycles. The molecule has 0 saturated heterocycles. The van der Waals surface area contributed by atoms with E-state index in [1.807, 2.05) is 30.3 Å². The molecule has 7 heteroatoms. The number of aromatic nitrogens is 1. The lowest BCUT2D eigenvalue weighted by molar-refractivity contribution is -0.0580. The maximum Gasteiger partial charge on any atom is 0.432 e. The summed E-state index contributed by atoms with van der Waals surface area (Å²) in [5, 5.41) is 0. The van der Waals surface area contributed by atoms with Gasteiger partial charge in [-0.1, -0.05) is 36.4 Å². The number of allylic oxidation sites excluding steroid dienone is 1. The molecule has 0 saturated carbocycles. The van der Waals surface area contributed by atoms with Gasteiger partial charge >= 0.3 is 6.18 Å². The molecule has 2 aromatic rings. The quantitative estimate of drug-likeness (QED) is 0.795. The van der Waals surface area contributed by atoms with Crippen LogP contribution in [0, 0.1) is 5.92 Å². The van der Waals surface area contributed by atoms with Crippen LogP contribution in [0.2, 0.25) is 0 Å². The van der Waals surface area contributed by atoms with Gasteiger partial charge in [-0.2, -0.15) is 13.2 Å². The van der Waals surface area contributed by atoms with Gasteiger partial charge in [-0.3, -0.25) is 9.79 Å². The van der Waals surface area contributed by atoms with E-state index in [-0.39, 0.29) is 24.1 Å². The maximum atomic E-state index is 13.2. The van der Waals surface area contributed by atoms with Crippen molar-refractivity contribution < 1.29 is 18.0 Å². The summed E-state index contributed by atoms with van der Waals surface area (Å²) in [5.41, 5.74) is 1.09. The minimum absolute atomic E-state index is 0.0170. The standard InChI is InChI=1S/C21H20F3N3O/c1-27(2)20(28)18-10-6-9-17(26-18)16-12-19(21(22,23)24)25-13-15(16)11-14-7-4-3-5-8-14/h3-10,12,15H,11,13H2,1-2H3/t15-/m0/s1. The number of nitrogens with zero attached hydrogens (tertiary/aromatic N) is 3. The van der Waals surface area contributed by atoms with Crippen LogP contribution in [0.15, 0.2) is 59.6 Å². The van der Waals surface area contributed by atoms with E-state index in [1.165, 1.54) is 4.90 Å². The highest BCUT2D eigenvalue weighted by molar-refractivity contribution is 6.05. The first-order valence-corrected chi connectivity index (χ1v) is 8.82. The monoisotopic (exact) mass is 387 g/mol. The predicted molar refractivity (Wildman–Crippen MR) is 102 cm³/mol. The molecule has 0 fully saturated rings. The zero-order chi connectivity index (χ0) is 20.3. The molecule has 0 aliphatic carbocycles. The zero-order valence-electron chi connectivity index (χ0n) is 15.6. The third kappa shape index (κ3) is 4.47. The van der Waals surface area contributed by atoms with E-state index in [9.17, 15) is 18.0 Å². The van der Waals surface area contributed by atoms with Crippen LogP contribution in [0.25, 0.3) is 5.57 Å². The first-order valence-electron chi connectivity index (χ1n) is 8.82. The average Bonchev–Trinajstić information content (AvgIpc) is 2.67. The molecule has 0 N–H and O–H groups in total. The van der Waals surface area contributed by atoms with Gasteiger partial charge in [0.2, 0.25) is 0 Å². The van der Waals surface area contributed by atoms with Crippen molar-refractivity contribution in [3.8, 4) is 0 Å². The molecule has 4 nitrogen and oxygen atoms in total. The van der Waals surface area contributed by atoms with E-state index in [0.717, 1.165) is 11.6 Å². The lowest BCUT2D eigenvalue weighted by Crippen LogP contribution is -2.28. The highest BCUT2D eigenvalue weighted by Crippen LogP contribution is 2.32. The van der Waals surface area contributed by atoms with E-state index in [1.54, 1.807) is 32.3 Å². The van der Waals surface area contributed by atoms with Crippen LogP contribution in [0.5, 0.6) is 0 Å². The Morgan fingerprint density at radius 2 is 1.82 bits per heavy atom. The number of rotatable bonds is 4. The Morgan fingerprint density at radius 3 is 2.46 bits per heavy atom. The molecular formula is C21H20F3N3O. The van der Waals surface area contributed by atoms with Crippen molar-refractivity contribution >= 4 is 17.2 Å². The van der Waals surface area contributed by atoms with E-state index in [0.29, 0.717) is 17.7 Å². The van der Waals surface area contributed by atoms with Gasteiger partial charge in [-0.25, -0.2) is 4.98 Å². The number of carbonyl (C=O) groups excluding carboxylic acids is 1. The molecule has 146 valence electrons. The molecule has 0 bridgehead atoms. The molecule has 0 radical (unpaired) electrons. The minimum Gasteiger partial charge on any atom is -0.343 e. The Bertz CT molecular complexity index is 918. The topological polar surface area (TPSA) is 45.6 Å². The van der Waals surface area contributed by atoms with E-state index in [4.69, 9.17) is 0 Å². The SMILES string of the molecule is CN(C)C(=O)c1cccc(C2=CC(C(F)(F)F)=NC[C@@H]2Cc2ccccc2)n1. The van der Waals surface area contributed by atoms with Gasteiger partial charge < -0.3 is 4.90 Å². The minimum atomic E-state index is -4.53. The summed E-state index contributed by atoms with van der Waals surface area (Å²) < 4.78 is 39.7. The molecule has 1 amide bonds. The fourth-order valence-electron chi connectivity index (χ4n) is 3.09. The smallest absolute Gasteiger partial charge is 0.343 e. The van der Waals surface area contributed by atoms with Crippen LogP contribution in [-0.4, -0.2) is 48.3 Å². The first kappa shape index (κ1) is 19.8. The Morgan fingerprint density at radius 1 is 1.11 bits per heavy atom. The Labute approximate surface area is 161 Å². The van der Waals surface area contributed by atoms with Crippen LogP contribution in [0.4, 0.5) is 13.2 Å². The summed E-state index contributed by atoms with van der Waals surface area (Å²) in [6.45, 7) is 0.0170. The second-order valence-electron chi connectivity index (χ2n) is 6.82. The van der Waals surface area contributed by atoms with Gasteiger partial charge in [0.05, 0.1) is 5.69 Å². The first-order chi connectivity index (χ1) is 13.3. The number of amides is 1. The number of aliphatic imine (C=N–C) groups is 1. The molecule has 2 heterocycles. The normalized spacial score (nSPS) is 17.0. The predicted octanol–water partition coefficient (Wildman–Crippen LogP) is 4.04. The molecular weight excluding hydrogens is 367 g/mol. The fourth-order valence-corrected chi connectivity index (χ4v) is 3.09. The summed E-state index contributed by atoms with van der Waals surface area (Å²) in [7, 11) is 3.20. The molecule has 0 spiro atoms. The van der Waals surface area contributed by atoms with Crippen molar-refractivity contribution in [1.82, 2.24) is 9.88 Å². The van der Waals surface area contributed by atoms with E-state index < -0.39 is 11.9 Å². The highest BCUT2D eigenvalue weighted by Gasteiger charge is 2.37. The number of dihydropyridines is 1. The van der Waals surface area contributed by atoms with Gasteiger partial charge in [0.1, 0.15) is 11.4 Å². The van der Waals surface area contributed by atoms with Gasteiger partial charge in [0.25, 0.3) is 5.91 Å². The molecule has 1 aliphatic rings. The van der Waals surface area contributed by atoms with E-state index >= 15 is 0 Å². The summed E-state index contributed by atoms with van der Waals surface area (Å²) in [6.07, 6.45) is -2.93.